The summed E-state index contributed by atoms with van der Waals surface area (Å²) in [5.74, 6) is 0.360. The Morgan fingerprint density at radius 3 is 2.95 bits per heavy atom. The molecule has 22 heavy (non-hydrogen) atoms. The molecule has 0 aliphatic heterocycles. The summed E-state index contributed by atoms with van der Waals surface area (Å²) >= 11 is 1.46. The van der Waals surface area contributed by atoms with Crippen LogP contribution in [0.25, 0.3) is 5.69 Å². The molecule has 1 aliphatic rings. The van der Waals surface area contributed by atoms with Gasteiger partial charge in [-0.1, -0.05) is 17.4 Å². The highest BCUT2D eigenvalue weighted by molar-refractivity contribution is 7.15. The summed E-state index contributed by atoms with van der Waals surface area (Å²) < 4.78 is 1.72. The number of amides is 1. The molecule has 4 rings (SSSR count). The number of nitrogens with one attached hydrogen (secondary N) is 1. The highest BCUT2D eigenvalue weighted by Crippen LogP contribution is 2.42. The summed E-state index contributed by atoms with van der Waals surface area (Å²) in [5.41, 5.74) is 1.41. The van der Waals surface area contributed by atoms with Crippen molar-refractivity contribution in [1.29, 1.82) is 0 Å². The van der Waals surface area contributed by atoms with Crippen molar-refractivity contribution in [2.45, 2.75) is 18.8 Å². The standard InChI is InChI=1S/C15H13N5OS/c21-13(17-15-19-18-14(22-15)10-5-6-10)11-3-1-4-12(9-11)20-8-2-7-16-20/h1-4,7-10H,5-6H2,(H,17,19,21). The Morgan fingerprint density at radius 1 is 1.27 bits per heavy atom. The molecule has 0 saturated heterocycles. The molecule has 1 aliphatic carbocycles. The molecule has 2 aromatic heterocycles. The number of aromatic nitrogens is 4. The summed E-state index contributed by atoms with van der Waals surface area (Å²) in [7, 11) is 0. The number of hydrogen-bond donors (Lipinski definition) is 1. The summed E-state index contributed by atoms with van der Waals surface area (Å²) in [5, 5.41) is 16.7. The molecule has 1 aromatic carbocycles. The Kier molecular flexibility index (Phi) is 3.19. The zero-order chi connectivity index (χ0) is 14.9. The second-order valence-corrected chi connectivity index (χ2v) is 6.18. The van der Waals surface area contributed by atoms with Gasteiger partial charge in [0.25, 0.3) is 5.91 Å². The van der Waals surface area contributed by atoms with E-state index in [-0.39, 0.29) is 5.91 Å². The first-order chi connectivity index (χ1) is 10.8. The van der Waals surface area contributed by atoms with Crippen molar-refractivity contribution in [3.8, 4) is 5.69 Å². The van der Waals surface area contributed by atoms with Crippen LogP contribution in [0.3, 0.4) is 0 Å². The van der Waals surface area contributed by atoms with Gasteiger partial charge in [0.1, 0.15) is 5.01 Å². The molecule has 110 valence electrons. The van der Waals surface area contributed by atoms with Gasteiger partial charge in [-0.3, -0.25) is 10.1 Å². The molecule has 7 heteroatoms. The molecule has 0 bridgehead atoms. The van der Waals surface area contributed by atoms with Gasteiger partial charge in [-0.15, -0.1) is 10.2 Å². The summed E-state index contributed by atoms with van der Waals surface area (Å²) in [6.07, 6.45) is 5.89. The van der Waals surface area contributed by atoms with Crippen LogP contribution < -0.4 is 5.32 Å². The quantitative estimate of drug-likeness (QED) is 0.804. The van der Waals surface area contributed by atoms with E-state index in [2.05, 4.69) is 20.6 Å². The number of hydrogen-bond acceptors (Lipinski definition) is 5. The fraction of sp³-hybridized carbons (Fsp3) is 0.200. The third-order valence-corrected chi connectivity index (χ3v) is 4.47. The van der Waals surface area contributed by atoms with E-state index in [0.717, 1.165) is 10.7 Å². The Hall–Kier alpha value is -2.54. The van der Waals surface area contributed by atoms with E-state index in [1.807, 2.05) is 24.4 Å². The van der Waals surface area contributed by atoms with Gasteiger partial charge in [0.05, 0.1) is 5.69 Å². The minimum Gasteiger partial charge on any atom is -0.296 e. The molecule has 3 aromatic rings. The zero-order valence-electron chi connectivity index (χ0n) is 11.6. The van der Waals surface area contributed by atoms with E-state index in [1.54, 1.807) is 23.0 Å². The molecule has 2 heterocycles. The van der Waals surface area contributed by atoms with E-state index in [4.69, 9.17) is 0 Å². The van der Waals surface area contributed by atoms with E-state index in [0.29, 0.717) is 16.6 Å². The van der Waals surface area contributed by atoms with Crippen LogP contribution in [0.15, 0.2) is 42.7 Å². The minimum atomic E-state index is -0.187. The van der Waals surface area contributed by atoms with Crippen LogP contribution in [0.1, 0.15) is 34.1 Å². The van der Waals surface area contributed by atoms with Gasteiger partial charge in [0, 0.05) is 23.9 Å². The smallest absolute Gasteiger partial charge is 0.257 e. The first-order valence-electron chi connectivity index (χ1n) is 7.04. The van der Waals surface area contributed by atoms with Gasteiger partial charge >= 0.3 is 0 Å². The van der Waals surface area contributed by atoms with Crippen LogP contribution in [0, 0.1) is 0 Å². The average Bonchev–Trinajstić information content (AvgIpc) is 3.06. The number of benzene rings is 1. The Bertz CT molecular complexity index is 807. The molecule has 0 atom stereocenters. The van der Waals surface area contributed by atoms with Crippen LogP contribution in [0.4, 0.5) is 5.13 Å². The van der Waals surface area contributed by atoms with E-state index in [1.165, 1.54) is 24.2 Å². The number of carbonyl (C=O) groups is 1. The fourth-order valence-corrected chi connectivity index (χ4v) is 3.07. The monoisotopic (exact) mass is 311 g/mol. The summed E-state index contributed by atoms with van der Waals surface area (Å²) in [4.78, 5) is 12.3. The topological polar surface area (TPSA) is 72.7 Å². The van der Waals surface area contributed by atoms with Gasteiger partial charge < -0.3 is 0 Å². The maximum Gasteiger partial charge on any atom is 0.257 e. The lowest BCUT2D eigenvalue weighted by Crippen LogP contribution is -2.12. The number of carbonyl (C=O) groups excluding carboxylic acids is 1. The van der Waals surface area contributed by atoms with Gasteiger partial charge in [0.2, 0.25) is 5.13 Å². The lowest BCUT2D eigenvalue weighted by Gasteiger charge is -2.05. The van der Waals surface area contributed by atoms with Crippen LogP contribution >= 0.6 is 11.3 Å². The molecular weight excluding hydrogens is 298 g/mol. The Labute approximate surface area is 130 Å². The van der Waals surface area contributed by atoms with Gasteiger partial charge in [0.15, 0.2) is 0 Å². The van der Waals surface area contributed by atoms with Crippen molar-refractivity contribution >= 4 is 22.4 Å². The zero-order valence-corrected chi connectivity index (χ0v) is 12.5. The highest BCUT2D eigenvalue weighted by atomic mass is 32.1. The molecule has 0 radical (unpaired) electrons. The predicted octanol–water partition coefficient (Wildman–Crippen LogP) is 2.85. The summed E-state index contributed by atoms with van der Waals surface area (Å²) in [6.45, 7) is 0. The number of rotatable bonds is 4. The first-order valence-corrected chi connectivity index (χ1v) is 7.86. The molecule has 1 amide bonds. The largest absolute Gasteiger partial charge is 0.296 e. The second kappa shape index (κ2) is 5.34. The second-order valence-electron chi connectivity index (χ2n) is 5.17. The van der Waals surface area contributed by atoms with Crippen LogP contribution in [-0.4, -0.2) is 25.9 Å². The van der Waals surface area contributed by atoms with Crippen molar-refractivity contribution in [3.05, 3.63) is 53.3 Å². The fourth-order valence-electron chi connectivity index (χ4n) is 2.16. The van der Waals surface area contributed by atoms with Crippen LogP contribution in [0.2, 0.25) is 0 Å². The molecule has 1 fully saturated rings. The van der Waals surface area contributed by atoms with Crippen molar-refractivity contribution in [2.24, 2.45) is 0 Å². The van der Waals surface area contributed by atoms with Crippen LogP contribution in [0.5, 0.6) is 0 Å². The van der Waals surface area contributed by atoms with E-state index >= 15 is 0 Å². The molecule has 6 nitrogen and oxygen atoms in total. The lowest BCUT2D eigenvalue weighted by atomic mass is 10.2. The van der Waals surface area contributed by atoms with Crippen molar-refractivity contribution in [2.75, 3.05) is 5.32 Å². The Morgan fingerprint density at radius 2 is 2.18 bits per heavy atom. The van der Waals surface area contributed by atoms with Crippen molar-refractivity contribution in [3.63, 3.8) is 0 Å². The molecule has 1 N–H and O–H groups in total. The number of nitrogens with zero attached hydrogens (tertiary/aromatic N) is 4. The molecule has 1 saturated carbocycles. The Balaban J connectivity index is 1.53. The average molecular weight is 311 g/mol. The van der Waals surface area contributed by atoms with Crippen molar-refractivity contribution < 1.29 is 4.79 Å². The first kappa shape index (κ1) is 13.1. The molecule has 0 unspecified atom stereocenters. The summed E-state index contributed by atoms with van der Waals surface area (Å²) in [6, 6.07) is 9.14. The van der Waals surface area contributed by atoms with E-state index in [9.17, 15) is 4.79 Å². The molecular formula is C15H13N5OS. The van der Waals surface area contributed by atoms with Gasteiger partial charge in [-0.05, 0) is 37.1 Å². The SMILES string of the molecule is O=C(Nc1nnc(C2CC2)s1)c1cccc(-n2cccn2)c1. The van der Waals surface area contributed by atoms with Gasteiger partial charge in [-0.2, -0.15) is 5.10 Å². The highest BCUT2D eigenvalue weighted by Gasteiger charge is 2.27. The van der Waals surface area contributed by atoms with Gasteiger partial charge in [-0.25, -0.2) is 4.68 Å². The maximum atomic E-state index is 12.3. The van der Waals surface area contributed by atoms with E-state index < -0.39 is 0 Å². The number of anilines is 1. The van der Waals surface area contributed by atoms with Crippen LogP contribution in [-0.2, 0) is 0 Å². The lowest BCUT2D eigenvalue weighted by molar-refractivity contribution is 0.102. The third kappa shape index (κ3) is 2.62. The molecule has 0 spiro atoms. The normalized spacial score (nSPS) is 14.0. The maximum absolute atomic E-state index is 12.3. The minimum absolute atomic E-state index is 0.187. The van der Waals surface area contributed by atoms with Crippen molar-refractivity contribution in [1.82, 2.24) is 20.0 Å². The predicted molar refractivity (Wildman–Crippen MR) is 83.4 cm³/mol. The third-order valence-electron chi connectivity index (χ3n) is 3.46.